The van der Waals surface area contributed by atoms with Crippen LogP contribution in [0.4, 0.5) is 13.2 Å². The molecule has 0 unspecified atom stereocenters. The number of phenolic OH excluding ortho intramolecular Hbond substituents is 1. The molecule has 37 heavy (non-hydrogen) atoms. The number of nitrogens with two attached hydrogens (primary N) is 1. The molecule has 0 aliphatic heterocycles. The van der Waals surface area contributed by atoms with Crippen molar-refractivity contribution in [2.45, 2.75) is 0 Å². The monoisotopic (exact) mass is 561 g/mol. The van der Waals surface area contributed by atoms with Gasteiger partial charge in [-0.25, -0.2) is 13.2 Å². The second-order valence-corrected chi connectivity index (χ2v) is 6.03. The van der Waals surface area contributed by atoms with Gasteiger partial charge in [-0.3, -0.25) is 0 Å². The third-order valence-corrected chi connectivity index (χ3v) is 3.32. The number of aliphatic hydroxyl groups excluding tert-OH is 1. The third-order valence-electron chi connectivity index (χ3n) is 3.20. The van der Waals surface area contributed by atoms with E-state index in [4.69, 9.17) is 47.5 Å². The number of phenols is 1. The average Bonchev–Trinajstić information content (AvgIpc) is 2.92. The number of hydrogen-bond acceptors (Lipinski definition) is 7. The quantitative estimate of drug-likeness (QED) is 0.364. The Morgan fingerprint density at radius 2 is 1.11 bits per heavy atom. The Morgan fingerprint density at radius 3 is 1.41 bits per heavy atom. The van der Waals surface area contributed by atoms with Crippen LogP contribution in [0, 0.1) is 40.1 Å². The lowest BCUT2D eigenvalue weighted by molar-refractivity contribution is 0.328. The van der Waals surface area contributed by atoms with Gasteiger partial charge < -0.3 is 25.4 Å². The summed E-state index contributed by atoms with van der Waals surface area (Å²) in [5.74, 6) is 0.443. The smallest absolute Gasteiger partial charge is 0.174 e. The molecule has 0 fully saturated rings. The highest BCUT2D eigenvalue weighted by Crippen LogP contribution is 2.11. The summed E-state index contributed by atoms with van der Waals surface area (Å²) in [7, 11) is 1.00. The summed E-state index contributed by atoms with van der Waals surface area (Å²) in [5, 5.41) is 31.2. The van der Waals surface area contributed by atoms with E-state index < -0.39 is 0 Å². The molecule has 4 N–H and O–H groups in total. The van der Waals surface area contributed by atoms with E-state index in [0.717, 1.165) is 7.11 Å². The first-order chi connectivity index (χ1) is 17.4. The van der Waals surface area contributed by atoms with Crippen LogP contribution in [0.1, 0.15) is 0 Å². The van der Waals surface area contributed by atoms with Crippen LogP contribution in [-0.4, -0.2) is 43.0 Å². The number of rotatable bonds is 5. The number of nitrogens with zero attached hydrogens (tertiary/aromatic N) is 2. The highest BCUT2D eigenvalue weighted by atomic mass is 35.5. The molecule has 0 heterocycles. The first-order valence-electron chi connectivity index (χ1n) is 10.0. The van der Waals surface area contributed by atoms with Crippen molar-refractivity contribution in [1.29, 1.82) is 10.5 Å². The minimum Gasteiger partial charge on any atom is -0.508 e. The van der Waals surface area contributed by atoms with Crippen LogP contribution in [0.2, 0.25) is 0 Å². The molecule has 0 radical (unpaired) electrons. The maximum absolute atomic E-state index is 12.3. The summed E-state index contributed by atoms with van der Waals surface area (Å²) in [4.78, 5) is 0. The summed E-state index contributed by atoms with van der Waals surface area (Å²) in [6.07, 6.45) is 0. The molecule has 0 aliphatic carbocycles. The zero-order chi connectivity index (χ0) is 27.6. The van der Waals surface area contributed by atoms with E-state index in [2.05, 4.69) is 0 Å². The fraction of sp³-hybridized carbons (Fsp3) is 0.200. The molecule has 0 saturated carbocycles. The zero-order valence-corrected chi connectivity index (χ0v) is 21.4. The molecule has 0 amide bonds. The van der Waals surface area contributed by atoms with Gasteiger partial charge in [0.2, 0.25) is 0 Å². The largest absolute Gasteiger partial charge is 0.508 e. The summed E-state index contributed by atoms with van der Waals surface area (Å²) < 4.78 is 46.6. The van der Waals surface area contributed by atoms with Crippen LogP contribution in [0.5, 0.6) is 17.2 Å². The van der Waals surface area contributed by atoms with Crippen molar-refractivity contribution >= 4 is 24.0 Å². The van der Waals surface area contributed by atoms with Gasteiger partial charge >= 0.3 is 0 Å². The van der Waals surface area contributed by atoms with Crippen LogP contribution in [0.3, 0.4) is 0 Å². The number of alkyl halides is 1. The van der Waals surface area contributed by atoms with Crippen molar-refractivity contribution < 1.29 is 32.9 Å². The number of aliphatic hydroxyl groups is 1. The molecule has 202 valence electrons. The van der Waals surface area contributed by atoms with Crippen LogP contribution in [-0.2, 0) is 0 Å². The molecule has 3 aromatic rings. The van der Waals surface area contributed by atoms with Gasteiger partial charge in [0.1, 0.15) is 53.3 Å². The van der Waals surface area contributed by atoms with Gasteiger partial charge in [0.05, 0.1) is 6.07 Å². The van der Waals surface area contributed by atoms with Crippen molar-refractivity contribution in [2.75, 3.05) is 32.7 Å². The van der Waals surface area contributed by atoms with Crippen LogP contribution in [0.25, 0.3) is 0 Å². The van der Waals surface area contributed by atoms with Gasteiger partial charge in [-0.05, 0) is 72.8 Å². The van der Waals surface area contributed by atoms with Crippen molar-refractivity contribution in [3.05, 3.63) is 90.2 Å². The second-order valence-electron chi connectivity index (χ2n) is 5.76. The number of benzene rings is 3. The molecule has 0 aliphatic rings. The van der Waals surface area contributed by atoms with Crippen LogP contribution in [0.15, 0.2) is 72.8 Å². The Balaban J connectivity index is -0.000000422. The number of hydrogen-bond donors (Lipinski definition) is 3. The molecule has 0 bridgehead atoms. The second kappa shape index (κ2) is 26.9. The van der Waals surface area contributed by atoms with Crippen molar-refractivity contribution in [3.63, 3.8) is 0 Å². The van der Waals surface area contributed by atoms with E-state index in [1.165, 1.54) is 60.7 Å². The average molecular weight is 562 g/mol. The van der Waals surface area contributed by atoms with Gasteiger partial charge in [0.25, 0.3) is 0 Å². The predicted octanol–water partition coefficient (Wildman–Crippen LogP) is 5.20. The van der Waals surface area contributed by atoms with Gasteiger partial charge in [-0.15, -0.1) is 24.0 Å². The van der Waals surface area contributed by atoms with Crippen molar-refractivity contribution in [1.82, 2.24) is 0 Å². The molecule has 0 atom stereocenters. The van der Waals surface area contributed by atoms with Crippen molar-refractivity contribution in [3.8, 4) is 29.4 Å². The first kappa shape index (κ1) is 37.9. The molecule has 3 aromatic carbocycles. The normalized spacial score (nSPS) is 8.14. The van der Waals surface area contributed by atoms with Crippen LogP contribution >= 0.6 is 24.0 Å². The first-order valence-corrected chi connectivity index (χ1v) is 10.6. The Bertz CT molecular complexity index is 979. The van der Waals surface area contributed by atoms with Gasteiger partial charge in [-0.2, -0.15) is 10.5 Å². The Kier molecular flexibility index (Phi) is 27.6. The fourth-order valence-electron chi connectivity index (χ4n) is 1.80. The fourth-order valence-corrected chi connectivity index (χ4v) is 1.80. The highest BCUT2D eigenvalue weighted by Gasteiger charge is 1.93. The minimum atomic E-state index is -0.331. The summed E-state index contributed by atoms with van der Waals surface area (Å²) >= 11 is 4.82. The molecule has 7 nitrogen and oxygen atoms in total. The molecule has 0 aromatic heterocycles. The van der Waals surface area contributed by atoms with E-state index in [0.29, 0.717) is 24.7 Å². The predicted molar refractivity (Wildman–Crippen MR) is 138 cm³/mol. The Hall–Kier alpha value is -3.67. The minimum absolute atomic E-state index is 0. The molecule has 0 spiro atoms. The highest BCUT2D eigenvalue weighted by molar-refractivity contribution is 6.19. The van der Waals surface area contributed by atoms with Crippen LogP contribution < -0.4 is 15.2 Å². The van der Waals surface area contributed by atoms with E-state index >= 15 is 0 Å². The maximum atomic E-state index is 12.3. The number of halogens is 5. The van der Waals surface area contributed by atoms with E-state index in [1.807, 2.05) is 6.07 Å². The maximum Gasteiger partial charge on any atom is 0.174 e. The molecular formula is C25H28Cl2F3N3O4. The standard InChI is InChI=1S/C8H10FNO.C8H6FNO.C6H5FO.C2H2ClN.CH4O.ClH/c2*9-7-1-3-8(4-2-7)11-6-5-10;7-5-1-3-6(8)4-2-5;3-1-2-4;1-2;/h1-4H,5-6,10H2;1-4H,6H2;1-4,8H;1H2;2H,1H3;1H. The van der Waals surface area contributed by atoms with E-state index in [1.54, 1.807) is 18.2 Å². The van der Waals surface area contributed by atoms with Gasteiger partial charge in [-0.1, -0.05) is 0 Å². The number of aromatic hydroxyl groups is 1. The molecule has 0 saturated heterocycles. The van der Waals surface area contributed by atoms with Crippen molar-refractivity contribution in [2.24, 2.45) is 5.73 Å². The number of ether oxygens (including phenoxy) is 2. The zero-order valence-electron chi connectivity index (χ0n) is 19.9. The third kappa shape index (κ3) is 23.8. The number of nitriles is 2. The lowest BCUT2D eigenvalue weighted by atomic mass is 10.3. The Morgan fingerprint density at radius 1 is 0.757 bits per heavy atom. The molecular weight excluding hydrogens is 534 g/mol. The lowest BCUT2D eigenvalue weighted by Crippen LogP contribution is -2.10. The molecule has 12 heteroatoms. The van der Waals surface area contributed by atoms with Gasteiger partial charge in [0, 0.05) is 13.7 Å². The lowest BCUT2D eigenvalue weighted by Gasteiger charge is -2.02. The summed E-state index contributed by atoms with van der Waals surface area (Å²) in [6, 6.07) is 19.9. The SMILES string of the molecule is CO.Cl.N#CCCl.N#CCOc1ccc(F)cc1.NCCOc1ccc(F)cc1.Oc1ccc(F)cc1. The topological polar surface area (TPSA) is 133 Å². The van der Waals surface area contributed by atoms with E-state index in [-0.39, 0.29) is 48.1 Å². The summed E-state index contributed by atoms with van der Waals surface area (Å²) in [5.41, 5.74) is 5.21. The molecule has 3 rings (SSSR count). The van der Waals surface area contributed by atoms with Gasteiger partial charge in [0.15, 0.2) is 6.61 Å². The summed E-state index contributed by atoms with van der Waals surface area (Å²) in [6.45, 7) is 0.925. The Labute approximate surface area is 225 Å². The van der Waals surface area contributed by atoms with E-state index in [9.17, 15) is 13.2 Å².